The van der Waals surface area contributed by atoms with Gasteiger partial charge in [0.15, 0.2) is 0 Å². The van der Waals surface area contributed by atoms with Crippen LogP contribution in [0.1, 0.15) is 11.6 Å². The van der Waals surface area contributed by atoms with Crippen molar-refractivity contribution in [2.45, 2.75) is 6.04 Å². The predicted molar refractivity (Wildman–Crippen MR) is 81.1 cm³/mol. The minimum atomic E-state index is -0.954. The van der Waals surface area contributed by atoms with Crippen molar-refractivity contribution in [3.05, 3.63) is 63.3 Å². The first-order valence-corrected chi connectivity index (χ1v) is 6.91. The molecule has 1 amide bonds. The van der Waals surface area contributed by atoms with E-state index in [4.69, 9.17) is 17.3 Å². The SMILES string of the molecule is NC(=O)C(Nc1ccc(Cl)cc1)c1ccc(Br)cc1F. The average Bonchev–Trinajstić information content (AvgIpc) is 2.39. The van der Waals surface area contributed by atoms with Crippen molar-refractivity contribution in [1.82, 2.24) is 0 Å². The van der Waals surface area contributed by atoms with Crippen molar-refractivity contribution in [3.8, 4) is 0 Å². The van der Waals surface area contributed by atoms with Gasteiger partial charge in [-0.3, -0.25) is 4.79 Å². The minimum absolute atomic E-state index is 0.190. The fourth-order valence-corrected chi connectivity index (χ4v) is 2.21. The van der Waals surface area contributed by atoms with Gasteiger partial charge in [-0.1, -0.05) is 33.6 Å². The lowest BCUT2D eigenvalue weighted by atomic mass is 10.1. The first kappa shape index (κ1) is 14.8. The summed E-state index contributed by atoms with van der Waals surface area (Å²) in [6.07, 6.45) is 0. The highest BCUT2D eigenvalue weighted by atomic mass is 79.9. The molecular formula is C14H11BrClFN2O. The maximum Gasteiger partial charge on any atom is 0.244 e. The summed E-state index contributed by atoms with van der Waals surface area (Å²) < 4.78 is 14.5. The number of primary amides is 1. The number of halogens is 3. The number of amides is 1. The molecule has 0 bridgehead atoms. The predicted octanol–water partition coefficient (Wildman–Crippen LogP) is 3.88. The molecule has 0 aliphatic carbocycles. The Morgan fingerprint density at radius 2 is 1.90 bits per heavy atom. The van der Waals surface area contributed by atoms with Gasteiger partial charge >= 0.3 is 0 Å². The number of benzene rings is 2. The van der Waals surface area contributed by atoms with Gasteiger partial charge in [0.25, 0.3) is 0 Å². The normalized spacial score (nSPS) is 11.9. The van der Waals surface area contributed by atoms with Crippen LogP contribution in [0.3, 0.4) is 0 Å². The third kappa shape index (κ3) is 3.49. The number of nitrogens with one attached hydrogen (secondary N) is 1. The summed E-state index contributed by atoms with van der Waals surface area (Å²) in [7, 11) is 0. The molecule has 2 aromatic rings. The summed E-state index contributed by atoms with van der Waals surface area (Å²) in [5, 5.41) is 3.46. The Morgan fingerprint density at radius 1 is 1.25 bits per heavy atom. The number of carbonyl (C=O) groups is 1. The van der Waals surface area contributed by atoms with Crippen LogP contribution < -0.4 is 11.1 Å². The Kier molecular flexibility index (Phi) is 4.62. The molecule has 0 saturated carbocycles. The molecule has 104 valence electrons. The lowest BCUT2D eigenvalue weighted by Crippen LogP contribution is -2.28. The van der Waals surface area contributed by atoms with E-state index < -0.39 is 17.8 Å². The van der Waals surface area contributed by atoms with Crippen LogP contribution in [0.2, 0.25) is 5.02 Å². The maximum absolute atomic E-state index is 13.9. The molecule has 0 aliphatic rings. The van der Waals surface area contributed by atoms with Crippen LogP contribution in [0.25, 0.3) is 0 Å². The highest BCUT2D eigenvalue weighted by molar-refractivity contribution is 9.10. The number of hydrogen-bond acceptors (Lipinski definition) is 2. The molecule has 0 saturated heterocycles. The molecular weight excluding hydrogens is 347 g/mol. The zero-order valence-corrected chi connectivity index (χ0v) is 12.6. The van der Waals surface area contributed by atoms with Gasteiger partial charge in [-0.2, -0.15) is 0 Å². The lowest BCUT2D eigenvalue weighted by Gasteiger charge is -2.18. The van der Waals surface area contributed by atoms with Crippen LogP contribution in [0, 0.1) is 5.82 Å². The summed E-state index contributed by atoms with van der Waals surface area (Å²) in [5.74, 6) is -1.18. The van der Waals surface area contributed by atoms with Crippen molar-refractivity contribution < 1.29 is 9.18 Å². The Morgan fingerprint density at radius 3 is 2.45 bits per heavy atom. The zero-order chi connectivity index (χ0) is 14.7. The summed E-state index contributed by atoms with van der Waals surface area (Å²) >= 11 is 8.95. The van der Waals surface area contributed by atoms with Crippen LogP contribution in [0.15, 0.2) is 46.9 Å². The van der Waals surface area contributed by atoms with Gasteiger partial charge < -0.3 is 11.1 Å². The van der Waals surface area contributed by atoms with E-state index in [2.05, 4.69) is 21.2 Å². The maximum atomic E-state index is 13.9. The Bertz CT molecular complexity index is 634. The van der Waals surface area contributed by atoms with Crippen molar-refractivity contribution in [1.29, 1.82) is 0 Å². The third-order valence-electron chi connectivity index (χ3n) is 2.71. The monoisotopic (exact) mass is 356 g/mol. The second-order valence-electron chi connectivity index (χ2n) is 4.15. The van der Waals surface area contributed by atoms with E-state index in [9.17, 15) is 9.18 Å². The van der Waals surface area contributed by atoms with E-state index >= 15 is 0 Å². The van der Waals surface area contributed by atoms with E-state index in [-0.39, 0.29) is 5.56 Å². The number of rotatable bonds is 4. The summed E-state index contributed by atoms with van der Waals surface area (Å²) in [4.78, 5) is 11.6. The van der Waals surface area contributed by atoms with Gasteiger partial charge in [0, 0.05) is 20.7 Å². The second kappa shape index (κ2) is 6.24. The zero-order valence-electron chi connectivity index (χ0n) is 10.2. The molecule has 0 spiro atoms. The van der Waals surface area contributed by atoms with Gasteiger partial charge in [0.1, 0.15) is 11.9 Å². The first-order valence-electron chi connectivity index (χ1n) is 5.74. The van der Waals surface area contributed by atoms with Gasteiger partial charge in [-0.05, 0) is 36.4 Å². The number of hydrogen-bond donors (Lipinski definition) is 2. The van der Waals surface area contributed by atoms with Gasteiger partial charge in [0.05, 0.1) is 0 Å². The standard InChI is InChI=1S/C14H11BrClFN2O/c15-8-1-6-11(12(17)7-8)13(14(18)20)19-10-4-2-9(16)3-5-10/h1-7,13,19H,(H2,18,20). The van der Waals surface area contributed by atoms with Crippen LogP contribution in [0.5, 0.6) is 0 Å². The van der Waals surface area contributed by atoms with Crippen molar-refractivity contribution in [2.24, 2.45) is 5.73 Å². The molecule has 0 radical (unpaired) electrons. The quantitative estimate of drug-likeness (QED) is 0.872. The van der Waals surface area contributed by atoms with E-state index in [1.54, 1.807) is 30.3 Å². The second-order valence-corrected chi connectivity index (χ2v) is 5.50. The number of nitrogens with two attached hydrogens (primary N) is 1. The summed E-state index contributed by atoms with van der Waals surface area (Å²) in [6.45, 7) is 0. The van der Waals surface area contributed by atoms with E-state index in [0.717, 1.165) is 0 Å². The molecule has 6 heteroatoms. The molecule has 20 heavy (non-hydrogen) atoms. The fourth-order valence-electron chi connectivity index (χ4n) is 1.75. The van der Waals surface area contributed by atoms with Crippen molar-refractivity contribution in [2.75, 3.05) is 5.32 Å². The molecule has 1 unspecified atom stereocenters. The van der Waals surface area contributed by atoms with Gasteiger partial charge in [0.2, 0.25) is 5.91 Å². The van der Waals surface area contributed by atoms with Crippen LogP contribution in [0.4, 0.5) is 10.1 Å². The fraction of sp³-hybridized carbons (Fsp3) is 0.0714. The smallest absolute Gasteiger partial charge is 0.244 e. The minimum Gasteiger partial charge on any atom is -0.370 e. The molecule has 3 N–H and O–H groups in total. The van der Waals surface area contributed by atoms with Crippen molar-refractivity contribution >= 4 is 39.1 Å². The third-order valence-corrected chi connectivity index (χ3v) is 3.46. The van der Waals surface area contributed by atoms with Crippen LogP contribution >= 0.6 is 27.5 Å². The molecule has 2 rings (SSSR count). The highest BCUT2D eigenvalue weighted by Gasteiger charge is 2.21. The highest BCUT2D eigenvalue weighted by Crippen LogP contribution is 2.25. The first-order chi connectivity index (χ1) is 9.47. The van der Waals surface area contributed by atoms with E-state index in [0.29, 0.717) is 15.2 Å². The summed E-state index contributed by atoms with van der Waals surface area (Å²) in [6, 6.07) is 10.2. The van der Waals surface area contributed by atoms with E-state index in [1.807, 2.05) is 0 Å². The number of anilines is 1. The Balaban J connectivity index is 2.31. The average molecular weight is 358 g/mol. The number of carbonyl (C=O) groups excluding carboxylic acids is 1. The Labute approximate surface area is 129 Å². The Hall–Kier alpha value is -1.59. The molecule has 0 aromatic heterocycles. The lowest BCUT2D eigenvalue weighted by molar-refractivity contribution is -0.118. The molecule has 2 aromatic carbocycles. The van der Waals surface area contributed by atoms with E-state index in [1.165, 1.54) is 12.1 Å². The molecule has 0 fully saturated rings. The van der Waals surface area contributed by atoms with Crippen molar-refractivity contribution in [3.63, 3.8) is 0 Å². The van der Waals surface area contributed by atoms with Gasteiger partial charge in [-0.25, -0.2) is 4.39 Å². The molecule has 1 atom stereocenters. The molecule has 3 nitrogen and oxygen atoms in total. The van der Waals surface area contributed by atoms with Gasteiger partial charge in [-0.15, -0.1) is 0 Å². The summed E-state index contributed by atoms with van der Waals surface area (Å²) in [5.41, 5.74) is 6.16. The molecule has 0 aliphatic heterocycles. The molecule has 0 heterocycles. The van der Waals surface area contributed by atoms with Crippen LogP contribution in [-0.2, 0) is 4.79 Å². The topological polar surface area (TPSA) is 55.1 Å². The largest absolute Gasteiger partial charge is 0.370 e. The van der Waals surface area contributed by atoms with Crippen LogP contribution in [-0.4, -0.2) is 5.91 Å².